The van der Waals surface area contributed by atoms with Crippen molar-refractivity contribution in [3.8, 4) is 0 Å². The number of carbonyl (C=O) groups excluding carboxylic acids is 1. The summed E-state index contributed by atoms with van der Waals surface area (Å²) in [4.78, 5) is 13.3. The van der Waals surface area contributed by atoms with E-state index in [0.717, 1.165) is 25.2 Å². The van der Waals surface area contributed by atoms with Crippen LogP contribution in [0.5, 0.6) is 0 Å². The molecule has 0 aromatic heterocycles. The van der Waals surface area contributed by atoms with Crippen molar-refractivity contribution in [1.29, 1.82) is 0 Å². The molecule has 1 aliphatic heterocycles. The molecule has 0 aromatic carbocycles. The van der Waals surface area contributed by atoms with Gasteiger partial charge in [-0.1, -0.05) is 0 Å². The van der Waals surface area contributed by atoms with Crippen LogP contribution < -0.4 is 5.32 Å². The van der Waals surface area contributed by atoms with Crippen LogP contribution in [0.4, 0.5) is 0 Å². The van der Waals surface area contributed by atoms with Crippen molar-refractivity contribution < 1.29 is 4.79 Å². The first kappa shape index (κ1) is 9.26. The highest BCUT2D eigenvalue weighted by atomic mass is 16.2. The normalized spacial score (nSPS) is 15.4. The third-order valence-corrected chi connectivity index (χ3v) is 2.35. The van der Waals surface area contributed by atoms with Crippen molar-refractivity contribution in [3.05, 3.63) is 11.1 Å². The Morgan fingerprint density at radius 1 is 1.58 bits per heavy atom. The maximum absolute atomic E-state index is 11.5. The second kappa shape index (κ2) is 3.72. The number of nitrogens with zero attached hydrogens (tertiary/aromatic N) is 1. The SMILES string of the molecule is CCN(C)C(=O)C(C)=C1CNC1. The van der Waals surface area contributed by atoms with E-state index in [-0.39, 0.29) is 5.91 Å². The van der Waals surface area contributed by atoms with E-state index in [2.05, 4.69) is 5.32 Å². The number of hydrogen-bond acceptors (Lipinski definition) is 2. The van der Waals surface area contributed by atoms with Gasteiger partial charge in [0.2, 0.25) is 5.91 Å². The Balaban J connectivity index is 2.63. The predicted octanol–water partition coefficient (Wildman–Crippen LogP) is 0.384. The van der Waals surface area contributed by atoms with Crippen molar-refractivity contribution in [2.24, 2.45) is 0 Å². The fourth-order valence-electron chi connectivity index (χ4n) is 1.10. The Morgan fingerprint density at radius 3 is 2.50 bits per heavy atom. The van der Waals surface area contributed by atoms with Crippen LogP contribution in [0.2, 0.25) is 0 Å². The standard InChI is InChI=1S/C9H16N2O/c1-4-11(3)9(12)7(2)8-5-10-6-8/h10H,4-6H2,1-3H3. The fourth-order valence-corrected chi connectivity index (χ4v) is 1.10. The topological polar surface area (TPSA) is 32.3 Å². The van der Waals surface area contributed by atoms with Gasteiger partial charge in [0.15, 0.2) is 0 Å². The second-order valence-electron chi connectivity index (χ2n) is 3.15. The first-order valence-corrected chi connectivity index (χ1v) is 4.31. The van der Waals surface area contributed by atoms with E-state index in [4.69, 9.17) is 0 Å². The van der Waals surface area contributed by atoms with Gasteiger partial charge in [0.05, 0.1) is 0 Å². The lowest BCUT2D eigenvalue weighted by atomic mass is 10.0. The molecule has 0 aliphatic carbocycles. The Kier molecular flexibility index (Phi) is 2.87. The van der Waals surface area contributed by atoms with E-state index < -0.39 is 0 Å². The number of nitrogens with one attached hydrogen (secondary N) is 1. The zero-order chi connectivity index (χ0) is 9.14. The molecule has 0 aromatic rings. The Bertz CT molecular complexity index is 215. The van der Waals surface area contributed by atoms with Gasteiger partial charge in [0.1, 0.15) is 0 Å². The lowest BCUT2D eigenvalue weighted by Crippen LogP contribution is -2.38. The van der Waals surface area contributed by atoms with E-state index >= 15 is 0 Å². The number of rotatable bonds is 2. The minimum Gasteiger partial charge on any atom is -0.342 e. The molecule has 0 spiro atoms. The summed E-state index contributed by atoms with van der Waals surface area (Å²) in [5.74, 6) is 0.161. The predicted molar refractivity (Wildman–Crippen MR) is 48.9 cm³/mol. The van der Waals surface area contributed by atoms with E-state index in [0.29, 0.717) is 0 Å². The molecule has 1 amide bonds. The maximum atomic E-state index is 11.5. The van der Waals surface area contributed by atoms with Crippen LogP contribution in [0.25, 0.3) is 0 Å². The molecule has 1 saturated heterocycles. The highest BCUT2D eigenvalue weighted by Gasteiger charge is 2.17. The summed E-state index contributed by atoms with van der Waals surface area (Å²) in [5, 5.41) is 3.13. The van der Waals surface area contributed by atoms with Gasteiger partial charge < -0.3 is 10.2 Å². The van der Waals surface area contributed by atoms with Crippen LogP contribution in [0, 0.1) is 0 Å². The molecule has 12 heavy (non-hydrogen) atoms. The first-order chi connectivity index (χ1) is 5.66. The van der Waals surface area contributed by atoms with Crippen LogP contribution in [-0.2, 0) is 4.79 Å². The third-order valence-electron chi connectivity index (χ3n) is 2.35. The summed E-state index contributed by atoms with van der Waals surface area (Å²) in [6.07, 6.45) is 0. The van der Waals surface area contributed by atoms with Crippen molar-refractivity contribution in [2.45, 2.75) is 13.8 Å². The molecule has 0 unspecified atom stereocenters. The summed E-state index contributed by atoms with van der Waals surface area (Å²) in [6.45, 7) is 6.43. The van der Waals surface area contributed by atoms with E-state index in [9.17, 15) is 4.79 Å². The first-order valence-electron chi connectivity index (χ1n) is 4.31. The van der Waals surface area contributed by atoms with Crippen LogP contribution in [0.3, 0.4) is 0 Å². The molecule has 0 bridgehead atoms. The smallest absolute Gasteiger partial charge is 0.249 e. The van der Waals surface area contributed by atoms with Gasteiger partial charge in [0, 0.05) is 32.3 Å². The average molecular weight is 168 g/mol. The average Bonchev–Trinajstić information content (AvgIpc) is 1.98. The van der Waals surface area contributed by atoms with Crippen LogP contribution in [0.1, 0.15) is 13.8 Å². The van der Waals surface area contributed by atoms with Gasteiger partial charge in [-0.25, -0.2) is 0 Å². The van der Waals surface area contributed by atoms with Gasteiger partial charge in [0.25, 0.3) is 0 Å². The molecule has 1 heterocycles. The molecule has 68 valence electrons. The molecule has 3 nitrogen and oxygen atoms in total. The molecule has 1 aliphatic rings. The quantitative estimate of drug-likeness (QED) is 0.605. The molecule has 1 rings (SSSR count). The third kappa shape index (κ3) is 1.67. The summed E-state index contributed by atoms with van der Waals surface area (Å²) in [6, 6.07) is 0. The zero-order valence-electron chi connectivity index (χ0n) is 7.98. The van der Waals surface area contributed by atoms with E-state index in [1.54, 1.807) is 4.90 Å². The van der Waals surface area contributed by atoms with Crippen molar-refractivity contribution in [3.63, 3.8) is 0 Å². The fraction of sp³-hybridized carbons (Fsp3) is 0.667. The van der Waals surface area contributed by atoms with Crippen molar-refractivity contribution >= 4 is 5.91 Å². The number of hydrogen-bond donors (Lipinski definition) is 1. The highest BCUT2D eigenvalue weighted by molar-refractivity contribution is 5.93. The number of likely N-dealkylation sites (N-methyl/N-ethyl adjacent to an activating group) is 1. The molecular formula is C9H16N2O. The molecular weight excluding hydrogens is 152 g/mol. The Morgan fingerprint density at radius 2 is 2.17 bits per heavy atom. The lowest BCUT2D eigenvalue weighted by Gasteiger charge is -2.23. The monoisotopic (exact) mass is 168 g/mol. The van der Waals surface area contributed by atoms with E-state index in [1.165, 1.54) is 5.57 Å². The summed E-state index contributed by atoms with van der Waals surface area (Å²) in [7, 11) is 1.83. The van der Waals surface area contributed by atoms with Crippen LogP contribution in [0.15, 0.2) is 11.1 Å². The lowest BCUT2D eigenvalue weighted by molar-refractivity contribution is -0.125. The van der Waals surface area contributed by atoms with Gasteiger partial charge in [-0.15, -0.1) is 0 Å². The molecule has 0 atom stereocenters. The van der Waals surface area contributed by atoms with Crippen LogP contribution >= 0.6 is 0 Å². The second-order valence-corrected chi connectivity index (χ2v) is 3.15. The number of carbonyl (C=O) groups is 1. The van der Waals surface area contributed by atoms with Gasteiger partial charge >= 0.3 is 0 Å². The highest BCUT2D eigenvalue weighted by Crippen LogP contribution is 2.10. The van der Waals surface area contributed by atoms with E-state index in [1.807, 2.05) is 20.9 Å². The molecule has 3 heteroatoms. The molecule has 1 N–H and O–H groups in total. The van der Waals surface area contributed by atoms with Gasteiger partial charge in [-0.05, 0) is 19.4 Å². The molecule has 1 fully saturated rings. The largest absolute Gasteiger partial charge is 0.342 e. The minimum absolute atomic E-state index is 0.161. The summed E-state index contributed by atoms with van der Waals surface area (Å²) < 4.78 is 0. The maximum Gasteiger partial charge on any atom is 0.249 e. The Labute approximate surface area is 73.4 Å². The summed E-state index contributed by atoms with van der Waals surface area (Å²) in [5.41, 5.74) is 2.17. The van der Waals surface area contributed by atoms with Crippen molar-refractivity contribution in [1.82, 2.24) is 10.2 Å². The molecule has 0 radical (unpaired) electrons. The summed E-state index contributed by atoms with van der Waals surface area (Å²) >= 11 is 0. The minimum atomic E-state index is 0.161. The van der Waals surface area contributed by atoms with Crippen molar-refractivity contribution in [2.75, 3.05) is 26.7 Å². The van der Waals surface area contributed by atoms with Gasteiger partial charge in [-0.2, -0.15) is 0 Å². The number of amides is 1. The molecule has 0 saturated carbocycles. The van der Waals surface area contributed by atoms with Gasteiger partial charge in [-0.3, -0.25) is 4.79 Å². The Hall–Kier alpha value is -0.830. The zero-order valence-corrected chi connectivity index (χ0v) is 7.98. The van der Waals surface area contributed by atoms with Crippen LogP contribution in [-0.4, -0.2) is 37.5 Å².